The Bertz CT molecular complexity index is 1350. The summed E-state index contributed by atoms with van der Waals surface area (Å²) < 4.78 is 21.0. The number of anilines is 1. The van der Waals surface area contributed by atoms with Crippen molar-refractivity contribution in [2.45, 2.75) is 58.8 Å². The van der Waals surface area contributed by atoms with Crippen LogP contribution in [0.3, 0.4) is 0 Å². The predicted octanol–water partition coefficient (Wildman–Crippen LogP) is 8.96. The van der Waals surface area contributed by atoms with Crippen LogP contribution in [-0.4, -0.2) is 26.4 Å². The molecule has 2 aliphatic rings. The van der Waals surface area contributed by atoms with Crippen LogP contribution in [0.1, 0.15) is 56.1 Å². The van der Waals surface area contributed by atoms with Crippen LogP contribution in [0.2, 0.25) is 0 Å². The Morgan fingerprint density at radius 3 is 2.23 bits per heavy atom. The first kappa shape index (κ1) is 30.5. The molecule has 2 heterocycles. The smallest absolute Gasteiger partial charge is 0.0983 e. The summed E-state index contributed by atoms with van der Waals surface area (Å²) in [4.78, 5) is 4.39. The summed E-state index contributed by atoms with van der Waals surface area (Å²) in [7, 11) is 11.7. The average Bonchev–Trinajstić information content (AvgIpc) is 3.34. The van der Waals surface area contributed by atoms with Crippen LogP contribution in [-0.2, 0) is 26.4 Å². The summed E-state index contributed by atoms with van der Waals surface area (Å²) in [6.07, 6.45) is 7.51. The number of aryl methyl sites for hydroxylation is 2. The molecule has 7 heteroatoms. The molecule has 0 radical (unpaired) electrons. The van der Waals surface area contributed by atoms with Crippen LogP contribution < -0.4 is 4.90 Å². The van der Waals surface area contributed by atoms with E-state index in [-0.39, 0.29) is 24.1 Å². The van der Waals surface area contributed by atoms with E-state index >= 15 is 0 Å². The van der Waals surface area contributed by atoms with Crippen molar-refractivity contribution >= 4 is 29.7 Å². The second-order valence-corrected chi connectivity index (χ2v) is 15.6. The van der Waals surface area contributed by atoms with E-state index in [1.807, 2.05) is 73.7 Å². The SMILES string of the molecule is CC(C)[OH+]c1ccccc1[CH]=[Ru]([Cl])[Cl].CCc1cccc(CC)c1N1[CH-]C2C(F)=CC=CN2C1c1ccccc1. The molecule has 3 aromatic carbocycles. The molecule has 5 rings (SSSR count). The number of rotatable bonds is 7. The van der Waals surface area contributed by atoms with Crippen molar-refractivity contribution in [2.75, 3.05) is 4.90 Å². The van der Waals surface area contributed by atoms with Gasteiger partial charge in [-0.3, -0.25) is 0 Å². The van der Waals surface area contributed by atoms with Crippen molar-refractivity contribution in [3.8, 4) is 5.75 Å². The van der Waals surface area contributed by atoms with Crippen LogP contribution >= 0.6 is 19.4 Å². The molecule has 40 heavy (non-hydrogen) atoms. The summed E-state index contributed by atoms with van der Waals surface area (Å²) in [5.74, 6) is 0.866. The molecule has 0 bridgehead atoms. The molecule has 214 valence electrons. The van der Waals surface area contributed by atoms with E-state index in [9.17, 15) is 4.39 Å². The monoisotopic (exact) mass is 668 g/mol. The molecule has 2 aliphatic heterocycles. The predicted molar refractivity (Wildman–Crippen MR) is 165 cm³/mol. The van der Waals surface area contributed by atoms with Gasteiger partial charge in [-0.2, -0.15) is 0 Å². The zero-order valence-corrected chi connectivity index (χ0v) is 26.5. The average molecular weight is 669 g/mol. The zero-order chi connectivity index (χ0) is 28.6. The van der Waals surface area contributed by atoms with Crippen molar-refractivity contribution in [2.24, 2.45) is 0 Å². The van der Waals surface area contributed by atoms with Gasteiger partial charge in [-0.25, -0.2) is 10.9 Å². The van der Waals surface area contributed by atoms with E-state index in [0.717, 1.165) is 24.2 Å². The maximum Gasteiger partial charge on any atom is 0.0983 e. The Kier molecular flexibility index (Phi) is 11.0. The van der Waals surface area contributed by atoms with E-state index in [1.54, 1.807) is 12.2 Å². The fourth-order valence-corrected chi connectivity index (χ4v) is 6.90. The standard InChI is InChI=1S/C23H24FN2.C10H12O.2ClH.Ru/c1-3-17-12-8-13-18(4-2)22(17)26-16-21-20(24)14-9-15-25(21)23(26)19-10-6-5-7-11-19;1-8(2)11-10-7-5-4-6-9(10)3;;;/h5-16,21,23H,3-4H2,1-2H3;3-8H,1-2H3;2*1H;/q-1;;;;+2/p-1. The largest absolute Gasteiger partial charge is 0.498 e. The Balaban J connectivity index is 0.000000224. The van der Waals surface area contributed by atoms with E-state index in [2.05, 4.69) is 58.7 Å². The van der Waals surface area contributed by atoms with Gasteiger partial charge in [-0.05, 0) is 53.9 Å². The number of aromatic hydroxyl groups is 1. The number of allylic oxidation sites excluding steroid dienone is 2. The molecule has 0 aliphatic carbocycles. The van der Waals surface area contributed by atoms with Crippen molar-refractivity contribution in [1.29, 1.82) is 0 Å². The molecule has 0 saturated carbocycles. The maximum absolute atomic E-state index is 14.6. The molecule has 1 N–H and O–H groups in total. The number of hydrogen-bond donors (Lipinski definition) is 0. The summed E-state index contributed by atoms with van der Waals surface area (Å²) in [6.45, 7) is 10.5. The number of ether oxygens (including phenoxy) is 1. The third-order valence-electron chi connectivity index (χ3n) is 6.81. The fourth-order valence-electron chi connectivity index (χ4n) is 5.08. The molecule has 0 amide bonds. The molecule has 0 spiro atoms. The molecule has 1 fully saturated rings. The normalized spacial score (nSPS) is 18.1. The van der Waals surface area contributed by atoms with Crippen molar-refractivity contribution in [3.05, 3.63) is 126 Å². The molecule has 0 aromatic heterocycles. The molecular weight excluding hydrogens is 631 g/mol. The van der Waals surface area contributed by atoms with E-state index < -0.39 is 13.5 Å². The van der Waals surface area contributed by atoms with Gasteiger partial charge in [0.05, 0.1) is 12.0 Å². The van der Waals surface area contributed by atoms with Gasteiger partial charge in [0, 0.05) is 5.69 Å². The topological polar surface area (TPSA) is 19.3 Å². The van der Waals surface area contributed by atoms with Gasteiger partial charge in [0.15, 0.2) is 0 Å². The minimum absolute atomic E-state index is 0.0464. The summed E-state index contributed by atoms with van der Waals surface area (Å²) >= 11 is -1.75. The Morgan fingerprint density at radius 2 is 1.60 bits per heavy atom. The van der Waals surface area contributed by atoms with Gasteiger partial charge in [-0.1, -0.05) is 62.4 Å². The first-order valence-electron chi connectivity index (χ1n) is 13.6. The van der Waals surface area contributed by atoms with Crippen molar-refractivity contribution in [3.63, 3.8) is 0 Å². The number of para-hydroxylation sites is 2. The van der Waals surface area contributed by atoms with Gasteiger partial charge < -0.3 is 9.80 Å². The van der Waals surface area contributed by atoms with Gasteiger partial charge in [0.25, 0.3) is 0 Å². The number of hydrogen-bond acceptors (Lipinski definition) is 2. The third kappa shape index (κ3) is 7.24. The van der Waals surface area contributed by atoms with E-state index in [0.29, 0.717) is 0 Å². The van der Waals surface area contributed by atoms with Crippen molar-refractivity contribution < 1.29 is 22.6 Å². The van der Waals surface area contributed by atoms with Crippen LogP contribution in [0.25, 0.3) is 0 Å². The van der Waals surface area contributed by atoms with Crippen LogP contribution in [0.5, 0.6) is 5.75 Å². The molecule has 1 saturated heterocycles. The van der Waals surface area contributed by atoms with Crippen molar-refractivity contribution in [1.82, 2.24) is 4.90 Å². The Morgan fingerprint density at radius 1 is 0.950 bits per heavy atom. The molecule has 2 unspecified atom stereocenters. The first-order valence-corrected chi connectivity index (χ1v) is 19.0. The molecular formula is C33H37Cl2FN2ORu. The van der Waals surface area contributed by atoms with Gasteiger partial charge in [0.2, 0.25) is 0 Å². The van der Waals surface area contributed by atoms with Crippen LogP contribution in [0, 0.1) is 6.54 Å². The second-order valence-electron chi connectivity index (χ2n) is 9.85. The first-order chi connectivity index (χ1) is 19.3. The van der Waals surface area contributed by atoms with Crippen LogP contribution in [0.15, 0.2) is 97.0 Å². The van der Waals surface area contributed by atoms with Gasteiger partial charge >= 0.3 is 97.8 Å². The quantitative estimate of drug-likeness (QED) is 0.142. The molecule has 2 atom stereocenters. The Labute approximate surface area is 251 Å². The minimum Gasteiger partial charge on any atom is -0.498 e. The number of halogens is 3. The third-order valence-corrected chi connectivity index (χ3v) is 8.64. The summed E-state index contributed by atoms with van der Waals surface area (Å²) in [5, 5.41) is 0. The van der Waals surface area contributed by atoms with Gasteiger partial charge in [-0.15, -0.1) is 0 Å². The summed E-state index contributed by atoms with van der Waals surface area (Å²) in [5.41, 5.74) is 6.04. The summed E-state index contributed by atoms with van der Waals surface area (Å²) in [6, 6.07) is 24.4. The number of aliphatic hydroxyl groups is 1. The number of benzene rings is 3. The van der Waals surface area contributed by atoms with Crippen LogP contribution in [0.4, 0.5) is 10.1 Å². The van der Waals surface area contributed by atoms with E-state index in [4.69, 9.17) is 19.4 Å². The Hall–Kier alpha value is -2.46. The van der Waals surface area contributed by atoms with E-state index in [1.165, 1.54) is 22.4 Å². The van der Waals surface area contributed by atoms with Gasteiger partial charge in [0.1, 0.15) is 0 Å². The second kappa shape index (κ2) is 14.4. The number of fused-ring (bicyclic) bond motifs is 1. The fraction of sp³-hybridized carbons (Fsp3) is 0.273. The maximum atomic E-state index is 14.6. The minimum atomic E-state index is -1.75. The molecule has 3 aromatic rings. The molecule has 3 nitrogen and oxygen atoms in total. The zero-order valence-electron chi connectivity index (χ0n) is 23.3. The number of nitrogens with zero attached hydrogens (tertiary/aromatic N) is 2.